The molecular weight excluding hydrogens is 366 g/mol. The van der Waals surface area contributed by atoms with Gasteiger partial charge < -0.3 is 9.73 Å². The molecule has 0 unspecified atom stereocenters. The fourth-order valence-corrected chi connectivity index (χ4v) is 3.60. The van der Waals surface area contributed by atoms with E-state index in [1.165, 1.54) is 6.33 Å². The minimum absolute atomic E-state index is 0.00521. The number of carbonyl (C=O) groups excluding carboxylic acids is 1. The van der Waals surface area contributed by atoms with Crippen LogP contribution in [0.25, 0.3) is 22.1 Å². The summed E-state index contributed by atoms with van der Waals surface area (Å²) < 4.78 is 5.92. The van der Waals surface area contributed by atoms with Crippen molar-refractivity contribution in [3.63, 3.8) is 0 Å². The Labute approximate surface area is 166 Å². The summed E-state index contributed by atoms with van der Waals surface area (Å²) in [7, 11) is 0. The standard InChI is InChI=1S/C22H19N5O2/c1-12(13-8-9-16-15(10-13)22(2,3)21(28)25-16)26-27-20-19-18(23-11-24-20)14-6-4-5-7-17(14)29-19/h4-11H,1-3H3,(H,25,28)(H,23,24,27)/b26-12+. The highest BCUT2D eigenvalue weighted by Crippen LogP contribution is 2.37. The van der Waals surface area contributed by atoms with Crippen LogP contribution in [0.4, 0.5) is 11.5 Å². The highest BCUT2D eigenvalue weighted by Gasteiger charge is 2.38. The average Bonchev–Trinajstić information content (AvgIpc) is 3.21. The van der Waals surface area contributed by atoms with Gasteiger partial charge in [0, 0.05) is 11.1 Å². The zero-order chi connectivity index (χ0) is 20.2. The van der Waals surface area contributed by atoms with Gasteiger partial charge in [0.25, 0.3) is 0 Å². The molecule has 3 heterocycles. The third kappa shape index (κ3) is 2.66. The van der Waals surface area contributed by atoms with Crippen molar-refractivity contribution in [2.45, 2.75) is 26.2 Å². The SMILES string of the molecule is C/C(=N\Nc1ncnc2c1oc1ccccc12)c1ccc2c(c1)C(C)(C)C(=O)N2. The molecule has 0 aliphatic carbocycles. The second-order valence-electron chi connectivity index (χ2n) is 7.65. The van der Waals surface area contributed by atoms with E-state index in [0.29, 0.717) is 11.4 Å². The number of amides is 1. The molecule has 4 aromatic rings. The first kappa shape index (κ1) is 17.4. The van der Waals surface area contributed by atoms with Crippen LogP contribution >= 0.6 is 0 Å². The number of carbonyl (C=O) groups is 1. The fraction of sp³-hybridized carbons (Fsp3) is 0.182. The summed E-state index contributed by atoms with van der Waals surface area (Å²) in [5.74, 6) is 0.509. The molecule has 2 aromatic heterocycles. The molecule has 1 amide bonds. The summed E-state index contributed by atoms with van der Waals surface area (Å²) in [6.07, 6.45) is 1.49. The number of nitrogens with one attached hydrogen (secondary N) is 2. The number of para-hydroxylation sites is 1. The van der Waals surface area contributed by atoms with Crippen molar-refractivity contribution in [3.8, 4) is 0 Å². The zero-order valence-electron chi connectivity index (χ0n) is 16.3. The molecule has 29 heavy (non-hydrogen) atoms. The van der Waals surface area contributed by atoms with Crippen molar-refractivity contribution in [2.24, 2.45) is 5.10 Å². The van der Waals surface area contributed by atoms with Crippen LogP contribution in [-0.4, -0.2) is 21.6 Å². The maximum atomic E-state index is 12.2. The molecule has 0 spiro atoms. The first-order valence-corrected chi connectivity index (χ1v) is 9.34. The number of benzene rings is 2. The summed E-state index contributed by atoms with van der Waals surface area (Å²) in [5.41, 5.74) is 8.02. The van der Waals surface area contributed by atoms with Crippen molar-refractivity contribution in [1.82, 2.24) is 9.97 Å². The topological polar surface area (TPSA) is 92.4 Å². The van der Waals surface area contributed by atoms with E-state index in [1.807, 2.05) is 63.2 Å². The van der Waals surface area contributed by atoms with Crippen LogP contribution < -0.4 is 10.7 Å². The lowest BCUT2D eigenvalue weighted by molar-refractivity contribution is -0.119. The number of aromatic nitrogens is 2. The Morgan fingerprint density at radius 2 is 2.00 bits per heavy atom. The predicted octanol–water partition coefficient (Wildman–Crippen LogP) is 4.44. The van der Waals surface area contributed by atoms with E-state index in [-0.39, 0.29) is 5.91 Å². The van der Waals surface area contributed by atoms with Gasteiger partial charge in [0.15, 0.2) is 11.4 Å². The zero-order valence-corrected chi connectivity index (χ0v) is 16.3. The third-order valence-electron chi connectivity index (χ3n) is 5.41. The van der Waals surface area contributed by atoms with Crippen LogP contribution in [0.2, 0.25) is 0 Å². The molecular formula is C22H19N5O2. The van der Waals surface area contributed by atoms with Gasteiger partial charge >= 0.3 is 0 Å². The maximum absolute atomic E-state index is 12.2. The van der Waals surface area contributed by atoms with Gasteiger partial charge in [0.2, 0.25) is 5.91 Å². The van der Waals surface area contributed by atoms with Gasteiger partial charge in [-0.15, -0.1) is 0 Å². The van der Waals surface area contributed by atoms with Crippen molar-refractivity contribution in [1.29, 1.82) is 0 Å². The Bertz CT molecular complexity index is 1320. The van der Waals surface area contributed by atoms with Crippen LogP contribution in [0.15, 0.2) is 58.3 Å². The molecule has 1 aliphatic heterocycles. The van der Waals surface area contributed by atoms with Crippen LogP contribution in [0, 0.1) is 0 Å². The van der Waals surface area contributed by atoms with Gasteiger partial charge in [-0.25, -0.2) is 9.97 Å². The lowest BCUT2D eigenvalue weighted by Gasteiger charge is -2.15. The van der Waals surface area contributed by atoms with E-state index in [2.05, 4.69) is 25.8 Å². The highest BCUT2D eigenvalue weighted by molar-refractivity contribution is 6.08. The normalized spacial score (nSPS) is 15.6. The van der Waals surface area contributed by atoms with Gasteiger partial charge in [-0.1, -0.05) is 18.2 Å². The van der Waals surface area contributed by atoms with E-state index in [1.54, 1.807) is 0 Å². The molecule has 7 nitrogen and oxygen atoms in total. The summed E-state index contributed by atoms with van der Waals surface area (Å²) in [6, 6.07) is 13.6. The Balaban J connectivity index is 1.50. The number of anilines is 2. The van der Waals surface area contributed by atoms with E-state index in [9.17, 15) is 4.79 Å². The highest BCUT2D eigenvalue weighted by atomic mass is 16.3. The Morgan fingerprint density at radius 3 is 2.86 bits per heavy atom. The van der Waals surface area contributed by atoms with Gasteiger partial charge in [-0.3, -0.25) is 10.2 Å². The first-order chi connectivity index (χ1) is 13.9. The van der Waals surface area contributed by atoms with Crippen LogP contribution in [0.1, 0.15) is 31.9 Å². The average molecular weight is 385 g/mol. The third-order valence-corrected chi connectivity index (χ3v) is 5.41. The molecule has 0 fully saturated rings. The molecule has 2 aromatic carbocycles. The number of furan rings is 1. The number of fused-ring (bicyclic) bond motifs is 4. The summed E-state index contributed by atoms with van der Waals surface area (Å²) in [6.45, 7) is 5.74. The van der Waals surface area contributed by atoms with Crippen LogP contribution in [-0.2, 0) is 10.2 Å². The van der Waals surface area contributed by atoms with Crippen molar-refractivity contribution >= 4 is 45.2 Å². The monoisotopic (exact) mass is 385 g/mol. The minimum Gasteiger partial charge on any atom is -0.450 e. The number of hydrogen-bond acceptors (Lipinski definition) is 6. The molecule has 5 rings (SSSR count). The van der Waals surface area contributed by atoms with Gasteiger partial charge in [-0.2, -0.15) is 5.10 Å². The quantitative estimate of drug-likeness (QED) is 0.402. The number of hydrazone groups is 1. The van der Waals surface area contributed by atoms with E-state index in [0.717, 1.165) is 39.0 Å². The van der Waals surface area contributed by atoms with Gasteiger partial charge in [0.05, 0.1) is 11.1 Å². The second-order valence-corrected chi connectivity index (χ2v) is 7.65. The number of nitrogens with zero attached hydrogens (tertiary/aromatic N) is 3. The molecule has 0 saturated heterocycles. The Morgan fingerprint density at radius 1 is 1.17 bits per heavy atom. The lowest BCUT2D eigenvalue weighted by Crippen LogP contribution is -2.26. The lowest BCUT2D eigenvalue weighted by atomic mass is 9.85. The molecule has 144 valence electrons. The summed E-state index contributed by atoms with van der Waals surface area (Å²) in [5, 5.41) is 8.35. The second kappa shape index (κ2) is 6.13. The largest absolute Gasteiger partial charge is 0.450 e. The van der Waals surface area contributed by atoms with E-state index >= 15 is 0 Å². The minimum atomic E-state index is -0.563. The van der Waals surface area contributed by atoms with Crippen molar-refractivity contribution in [3.05, 3.63) is 59.9 Å². The van der Waals surface area contributed by atoms with Crippen molar-refractivity contribution < 1.29 is 9.21 Å². The molecule has 0 radical (unpaired) electrons. The summed E-state index contributed by atoms with van der Waals surface area (Å²) in [4.78, 5) is 20.8. The van der Waals surface area contributed by atoms with E-state index < -0.39 is 5.41 Å². The predicted molar refractivity (Wildman–Crippen MR) is 113 cm³/mol. The molecule has 7 heteroatoms. The molecule has 0 bridgehead atoms. The number of rotatable bonds is 3. The van der Waals surface area contributed by atoms with Crippen molar-refractivity contribution in [2.75, 3.05) is 10.7 Å². The van der Waals surface area contributed by atoms with E-state index in [4.69, 9.17) is 4.42 Å². The molecule has 0 atom stereocenters. The molecule has 1 aliphatic rings. The molecule has 2 N–H and O–H groups in total. The smallest absolute Gasteiger partial charge is 0.234 e. The van der Waals surface area contributed by atoms with Gasteiger partial charge in [-0.05, 0) is 56.2 Å². The summed E-state index contributed by atoms with van der Waals surface area (Å²) >= 11 is 0. The number of hydrogen-bond donors (Lipinski definition) is 2. The van der Waals surface area contributed by atoms with Crippen LogP contribution in [0.3, 0.4) is 0 Å². The first-order valence-electron chi connectivity index (χ1n) is 9.34. The fourth-order valence-electron chi connectivity index (χ4n) is 3.60. The Hall–Kier alpha value is -3.74. The molecule has 0 saturated carbocycles. The van der Waals surface area contributed by atoms with Crippen LogP contribution in [0.5, 0.6) is 0 Å². The maximum Gasteiger partial charge on any atom is 0.234 e. The Kier molecular flexibility index (Phi) is 3.67. The van der Waals surface area contributed by atoms with Gasteiger partial charge in [0.1, 0.15) is 17.4 Å².